The zero-order valence-corrected chi connectivity index (χ0v) is 16.2. The predicted octanol–water partition coefficient (Wildman–Crippen LogP) is 2.65. The van der Waals surface area contributed by atoms with Crippen LogP contribution in [-0.2, 0) is 14.3 Å². The van der Waals surface area contributed by atoms with Gasteiger partial charge in [-0.1, -0.05) is 0 Å². The summed E-state index contributed by atoms with van der Waals surface area (Å²) >= 11 is 0. The SMILES string of the molecule is O=C1C(=O)N(CC2CCCO2)C(c2ccco2)C1=C(O)c1ccc2c(c1)OCCO2. The maximum Gasteiger partial charge on any atom is 0.295 e. The lowest BCUT2D eigenvalue weighted by atomic mass is 9.99. The molecule has 1 amide bonds. The summed E-state index contributed by atoms with van der Waals surface area (Å²) < 4.78 is 22.3. The van der Waals surface area contributed by atoms with Crippen molar-refractivity contribution in [2.45, 2.75) is 25.0 Å². The highest BCUT2D eigenvalue weighted by Crippen LogP contribution is 2.41. The molecule has 8 heteroatoms. The molecule has 2 atom stereocenters. The molecule has 156 valence electrons. The number of rotatable bonds is 4. The van der Waals surface area contributed by atoms with E-state index in [9.17, 15) is 14.7 Å². The maximum atomic E-state index is 13.0. The number of hydrogen-bond donors (Lipinski definition) is 1. The summed E-state index contributed by atoms with van der Waals surface area (Å²) in [5.41, 5.74) is 0.357. The molecule has 3 aliphatic heterocycles. The number of ketones is 1. The summed E-state index contributed by atoms with van der Waals surface area (Å²) in [7, 11) is 0. The first kappa shape index (κ1) is 18.7. The molecule has 0 radical (unpaired) electrons. The second kappa shape index (κ2) is 7.53. The van der Waals surface area contributed by atoms with Crippen molar-refractivity contribution in [2.75, 3.05) is 26.4 Å². The predicted molar refractivity (Wildman–Crippen MR) is 104 cm³/mol. The monoisotopic (exact) mass is 411 g/mol. The quantitative estimate of drug-likeness (QED) is 0.469. The summed E-state index contributed by atoms with van der Waals surface area (Å²) in [6, 6.07) is 7.47. The number of fused-ring (bicyclic) bond motifs is 1. The van der Waals surface area contributed by atoms with Crippen LogP contribution in [0.25, 0.3) is 5.76 Å². The lowest BCUT2D eigenvalue weighted by Gasteiger charge is -2.25. The zero-order valence-electron chi connectivity index (χ0n) is 16.2. The number of aliphatic hydroxyl groups is 1. The van der Waals surface area contributed by atoms with Crippen LogP contribution in [0, 0.1) is 0 Å². The van der Waals surface area contributed by atoms with Gasteiger partial charge >= 0.3 is 0 Å². The number of hydrogen-bond acceptors (Lipinski definition) is 7. The van der Waals surface area contributed by atoms with E-state index < -0.39 is 17.7 Å². The van der Waals surface area contributed by atoms with Crippen molar-refractivity contribution in [2.24, 2.45) is 0 Å². The van der Waals surface area contributed by atoms with Crippen molar-refractivity contribution in [3.8, 4) is 11.5 Å². The molecule has 1 aromatic carbocycles. The number of furan rings is 1. The van der Waals surface area contributed by atoms with Crippen LogP contribution in [0.2, 0.25) is 0 Å². The van der Waals surface area contributed by atoms with Crippen LogP contribution in [0.15, 0.2) is 46.6 Å². The Hall–Kier alpha value is -3.26. The van der Waals surface area contributed by atoms with Crippen LogP contribution in [0.4, 0.5) is 0 Å². The molecule has 0 aliphatic carbocycles. The Morgan fingerprint density at radius 3 is 2.67 bits per heavy atom. The molecule has 0 spiro atoms. The van der Waals surface area contributed by atoms with Crippen LogP contribution >= 0.6 is 0 Å². The Kier molecular flexibility index (Phi) is 4.71. The third-order valence-electron chi connectivity index (χ3n) is 5.59. The number of benzene rings is 1. The Bertz CT molecular complexity index is 1000. The summed E-state index contributed by atoms with van der Waals surface area (Å²) in [4.78, 5) is 27.2. The first-order chi connectivity index (χ1) is 14.6. The molecule has 2 fully saturated rings. The van der Waals surface area contributed by atoms with Crippen molar-refractivity contribution in [3.63, 3.8) is 0 Å². The molecule has 4 heterocycles. The van der Waals surface area contributed by atoms with Gasteiger partial charge in [0.1, 0.15) is 30.8 Å². The van der Waals surface area contributed by atoms with E-state index in [-0.39, 0.29) is 24.0 Å². The highest BCUT2D eigenvalue weighted by atomic mass is 16.6. The molecule has 1 N–H and O–H groups in total. The van der Waals surface area contributed by atoms with Gasteiger partial charge in [-0.15, -0.1) is 0 Å². The maximum absolute atomic E-state index is 13.0. The topological polar surface area (TPSA) is 98.4 Å². The molecule has 2 aromatic rings. The minimum absolute atomic E-state index is 0.00961. The molecule has 2 saturated heterocycles. The first-order valence-electron chi connectivity index (χ1n) is 9.97. The van der Waals surface area contributed by atoms with Gasteiger partial charge in [0.2, 0.25) is 0 Å². The highest BCUT2D eigenvalue weighted by Gasteiger charge is 2.48. The van der Waals surface area contributed by atoms with Crippen molar-refractivity contribution in [1.29, 1.82) is 0 Å². The smallest absolute Gasteiger partial charge is 0.295 e. The second-order valence-corrected chi connectivity index (χ2v) is 7.46. The largest absolute Gasteiger partial charge is 0.507 e. The molecule has 8 nitrogen and oxygen atoms in total. The van der Waals surface area contributed by atoms with E-state index in [4.69, 9.17) is 18.6 Å². The Morgan fingerprint density at radius 1 is 1.10 bits per heavy atom. The normalized spacial score (nSPS) is 25.1. The fourth-order valence-electron chi connectivity index (χ4n) is 4.16. The Labute approximate surface area is 172 Å². The number of carbonyl (C=O) groups excluding carboxylic acids is 2. The first-order valence-corrected chi connectivity index (χ1v) is 9.97. The molecule has 0 bridgehead atoms. The number of aliphatic hydroxyl groups excluding tert-OH is 1. The van der Waals surface area contributed by atoms with Gasteiger partial charge in [-0.3, -0.25) is 9.59 Å². The molecule has 3 aliphatic rings. The van der Waals surface area contributed by atoms with Crippen molar-refractivity contribution in [1.82, 2.24) is 4.90 Å². The van der Waals surface area contributed by atoms with Crippen LogP contribution < -0.4 is 9.47 Å². The van der Waals surface area contributed by atoms with Gasteiger partial charge in [0.25, 0.3) is 11.7 Å². The fourth-order valence-corrected chi connectivity index (χ4v) is 4.16. The van der Waals surface area contributed by atoms with E-state index in [0.717, 1.165) is 12.8 Å². The lowest BCUT2D eigenvalue weighted by Crippen LogP contribution is -2.36. The number of Topliss-reactive ketones (excluding diaryl/α,β-unsaturated/α-hetero) is 1. The number of nitrogens with zero attached hydrogens (tertiary/aromatic N) is 1. The summed E-state index contributed by atoms with van der Waals surface area (Å²) in [6.07, 6.45) is 3.06. The van der Waals surface area contributed by atoms with Crippen molar-refractivity contribution in [3.05, 3.63) is 53.5 Å². The summed E-state index contributed by atoms with van der Waals surface area (Å²) in [6.45, 7) is 1.74. The molecule has 1 aromatic heterocycles. The average Bonchev–Trinajstić information content (AvgIpc) is 3.52. The Balaban J connectivity index is 1.57. The molecule has 2 unspecified atom stereocenters. The Morgan fingerprint density at radius 2 is 1.93 bits per heavy atom. The number of ether oxygens (including phenoxy) is 3. The van der Waals surface area contributed by atoms with Gasteiger partial charge in [-0.25, -0.2) is 0 Å². The number of likely N-dealkylation sites (tertiary alicyclic amines) is 1. The summed E-state index contributed by atoms with van der Waals surface area (Å²) in [5.74, 6) is -0.242. The van der Waals surface area contributed by atoms with Crippen LogP contribution in [-0.4, -0.2) is 54.2 Å². The molecule has 0 saturated carbocycles. The average molecular weight is 411 g/mol. The van der Waals surface area contributed by atoms with Gasteiger partial charge in [-0.05, 0) is 43.2 Å². The standard InChI is InChI=1S/C22H21NO7/c24-20(13-5-6-15-17(11-13)30-10-9-29-15)18-19(16-4-2-8-28-16)23(22(26)21(18)25)12-14-3-1-7-27-14/h2,4-6,8,11,14,19,24H,1,3,7,9-10,12H2. The number of amides is 1. The second-order valence-electron chi connectivity index (χ2n) is 7.46. The fraction of sp³-hybridized carbons (Fsp3) is 0.364. The van der Waals surface area contributed by atoms with Gasteiger partial charge in [0.15, 0.2) is 11.5 Å². The third kappa shape index (κ3) is 3.13. The lowest BCUT2D eigenvalue weighted by molar-refractivity contribution is -0.141. The van der Waals surface area contributed by atoms with Gasteiger partial charge in [0, 0.05) is 18.7 Å². The van der Waals surface area contributed by atoms with Crippen LogP contribution in [0.5, 0.6) is 11.5 Å². The molecular formula is C22H21NO7. The van der Waals surface area contributed by atoms with Crippen LogP contribution in [0.1, 0.15) is 30.2 Å². The minimum Gasteiger partial charge on any atom is -0.507 e. The van der Waals surface area contributed by atoms with Gasteiger partial charge < -0.3 is 28.6 Å². The highest BCUT2D eigenvalue weighted by molar-refractivity contribution is 6.46. The van der Waals surface area contributed by atoms with Crippen molar-refractivity contribution >= 4 is 17.4 Å². The molecule has 30 heavy (non-hydrogen) atoms. The van der Waals surface area contributed by atoms with Crippen molar-refractivity contribution < 1.29 is 33.3 Å². The van der Waals surface area contributed by atoms with Crippen LogP contribution in [0.3, 0.4) is 0 Å². The van der Waals surface area contributed by atoms with Gasteiger partial charge in [0.05, 0.1) is 17.9 Å². The molecular weight excluding hydrogens is 390 g/mol. The van der Waals surface area contributed by atoms with Gasteiger partial charge in [-0.2, -0.15) is 0 Å². The third-order valence-corrected chi connectivity index (χ3v) is 5.59. The summed E-state index contributed by atoms with van der Waals surface area (Å²) in [5, 5.41) is 11.1. The van der Waals surface area contributed by atoms with E-state index in [1.165, 1.54) is 11.2 Å². The number of carbonyl (C=O) groups is 2. The van der Waals surface area contributed by atoms with E-state index in [1.54, 1.807) is 30.3 Å². The van der Waals surface area contributed by atoms with E-state index in [2.05, 4.69) is 0 Å². The van der Waals surface area contributed by atoms with E-state index in [1.807, 2.05) is 0 Å². The van der Waals surface area contributed by atoms with E-state index in [0.29, 0.717) is 42.6 Å². The van der Waals surface area contributed by atoms with E-state index >= 15 is 0 Å². The molecule has 5 rings (SSSR count). The zero-order chi connectivity index (χ0) is 20.7. The minimum atomic E-state index is -0.822.